The lowest BCUT2D eigenvalue weighted by molar-refractivity contribution is 0.0701. The van der Waals surface area contributed by atoms with Crippen LogP contribution in [0.2, 0.25) is 0 Å². The Morgan fingerprint density at radius 3 is 2.60 bits per heavy atom. The van der Waals surface area contributed by atoms with Gasteiger partial charge in [-0.2, -0.15) is 0 Å². The monoisotopic (exact) mass is 380 g/mol. The van der Waals surface area contributed by atoms with Crippen LogP contribution in [0.1, 0.15) is 25.6 Å². The van der Waals surface area contributed by atoms with Crippen LogP contribution in [0.5, 0.6) is 0 Å². The summed E-state index contributed by atoms with van der Waals surface area (Å²) < 4.78 is 27.3. The molecule has 0 atom stereocenters. The molecule has 3 N–H and O–H groups in total. The second kappa shape index (κ2) is 7.49. The molecular weight excluding hydrogens is 364 g/mol. The summed E-state index contributed by atoms with van der Waals surface area (Å²) >= 11 is 0.658. The minimum atomic E-state index is -4.02. The Morgan fingerprint density at radius 1 is 1.32 bits per heavy atom. The average Bonchev–Trinajstić information content (AvgIpc) is 2.96. The average molecular weight is 380 g/mol. The number of sulfonamides is 1. The summed E-state index contributed by atoms with van der Waals surface area (Å²) in [6.07, 6.45) is 1.51. The molecule has 2 rings (SSSR count). The zero-order valence-electron chi connectivity index (χ0n) is 13.3. The number of hydrogen-bond donors (Lipinski definition) is 3. The van der Waals surface area contributed by atoms with Gasteiger partial charge in [0.1, 0.15) is 9.09 Å². The van der Waals surface area contributed by atoms with Crippen LogP contribution in [0.4, 0.5) is 5.69 Å². The van der Waals surface area contributed by atoms with Crippen molar-refractivity contribution >= 4 is 38.9 Å². The van der Waals surface area contributed by atoms with Gasteiger partial charge >= 0.3 is 5.97 Å². The number of benzene rings is 1. The molecule has 0 saturated heterocycles. The summed E-state index contributed by atoms with van der Waals surface area (Å²) in [5.74, 6) is -1.64. The number of rotatable bonds is 7. The Morgan fingerprint density at radius 2 is 2.00 bits per heavy atom. The first-order valence-electron chi connectivity index (χ1n) is 7.11. The van der Waals surface area contributed by atoms with Crippen LogP contribution in [0.3, 0.4) is 0 Å². The Bertz CT molecular complexity index is 932. The number of para-hydroxylation sites is 1. The van der Waals surface area contributed by atoms with E-state index in [-0.39, 0.29) is 26.9 Å². The fourth-order valence-electron chi connectivity index (χ4n) is 2.02. The quantitative estimate of drug-likeness (QED) is 0.639. The van der Waals surface area contributed by atoms with Crippen molar-refractivity contribution < 1.29 is 23.1 Å². The van der Waals surface area contributed by atoms with E-state index in [4.69, 9.17) is 5.11 Å². The van der Waals surface area contributed by atoms with Crippen molar-refractivity contribution in [1.82, 2.24) is 5.32 Å². The van der Waals surface area contributed by atoms with Gasteiger partial charge in [0.25, 0.3) is 15.9 Å². The lowest BCUT2D eigenvalue weighted by Crippen LogP contribution is -2.25. The van der Waals surface area contributed by atoms with E-state index in [0.29, 0.717) is 16.9 Å². The van der Waals surface area contributed by atoms with E-state index in [1.165, 1.54) is 31.2 Å². The predicted octanol–water partition coefficient (Wildman–Crippen LogP) is 2.47. The summed E-state index contributed by atoms with van der Waals surface area (Å²) in [6, 6.07) is 7.43. The molecule has 7 nitrogen and oxygen atoms in total. The molecule has 2 aromatic rings. The summed E-state index contributed by atoms with van der Waals surface area (Å²) in [6.45, 7) is 5.27. The SMILES string of the molecule is C=CCNC(=O)c1ccccc1NS(=O)(=O)c1cc(C)c(C(=O)O)s1. The molecule has 0 aliphatic heterocycles. The van der Waals surface area contributed by atoms with Gasteiger partial charge in [-0.3, -0.25) is 9.52 Å². The molecule has 0 aliphatic carbocycles. The molecule has 0 unspecified atom stereocenters. The third-order valence-electron chi connectivity index (χ3n) is 3.18. The fourth-order valence-corrected chi connectivity index (χ4v) is 4.48. The predicted molar refractivity (Wildman–Crippen MR) is 95.8 cm³/mol. The first-order valence-corrected chi connectivity index (χ1v) is 9.41. The number of carbonyl (C=O) groups excluding carboxylic acids is 1. The molecule has 0 aliphatic rings. The summed E-state index contributed by atoms with van der Waals surface area (Å²) in [5, 5.41) is 11.6. The number of thiophene rings is 1. The molecule has 0 fully saturated rings. The van der Waals surface area contributed by atoms with Gasteiger partial charge in [-0.1, -0.05) is 18.2 Å². The zero-order valence-corrected chi connectivity index (χ0v) is 14.9. The number of amides is 1. The lowest BCUT2D eigenvalue weighted by atomic mass is 10.1. The van der Waals surface area contributed by atoms with E-state index in [9.17, 15) is 18.0 Å². The summed E-state index contributed by atoms with van der Waals surface area (Å²) in [5.41, 5.74) is 0.613. The number of carboxylic acid groups (broad SMARTS) is 1. The van der Waals surface area contributed by atoms with Gasteiger partial charge in [-0.15, -0.1) is 17.9 Å². The van der Waals surface area contributed by atoms with Crippen molar-refractivity contribution in [2.24, 2.45) is 0 Å². The van der Waals surface area contributed by atoms with E-state index in [1.54, 1.807) is 12.1 Å². The van der Waals surface area contributed by atoms with Gasteiger partial charge in [0.2, 0.25) is 0 Å². The van der Waals surface area contributed by atoms with Crippen LogP contribution in [0, 0.1) is 6.92 Å². The maximum absolute atomic E-state index is 12.5. The Balaban J connectivity index is 2.35. The first-order chi connectivity index (χ1) is 11.8. The minimum absolute atomic E-state index is 0.0441. The Labute approximate surface area is 149 Å². The van der Waals surface area contributed by atoms with Crippen molar-refractivity contribution in [3.05, 3.63) is 59.0 Å². The number of nitrogens with one attached hydrogen (secondary N) is 2. The van der Waals surface area contributed by atoms with Gasteiger partial charge in [0.05, 0.1) is 11.3 Å². The Kier molecular flexibility index (Phi) is 5.60. The largest absolute Gasteiger partial charge is 0.477 e. The van der Waals surface area contributed by atoms with Gasteiger partial charge < -0.3 is 10.4 Å². The molecule has 1 aromatic heterocycles. The fraction of sp³-hybridized carbons (Fsp3) is 0.125. The minimum Gasteiger partial charge on any atom is -0.477 e. The molecule has 25 heavy (non-hydrogen) atoms. The maximum atomic E-state index is 12.5. The molecule has 132 valence electrons. The topological polar surface area (TPSA) is 113 Å². The highest BCUT2D eigenvalue weighted by Gasteiger charge is 2.23. The summed E-state index contributed by atoms with van der Waals surface area (Å²) in [7, 11) is -4.02. The molecule has 0 saturated carbocycles. The van der Waals surface area contributed by atoms with Crippen molar-refractivity contribution in [3.8, 4) is 0 Å². The highest BCUT2D eigenvalue weighted by molar-refractivity contribution is 7.94. The number of carboxylic acids is 1. The van der Waals surface area contributed by atoms with Gasteiger partial charge in [0.15, 0.2) is 0 Å². The van der Waals surface area contributed by atoms with Gasteiger partial charge in [-0.25, -0.2) is 13.2 Å². The van der Waals surface area contributed by atoms with E-state index in [2.05, 4.69) is 16.6 Å². The van der Waals surface area contributed by atoms with Crippen molar-refractivity contribution in [3.63, 3.8) is 0 Å². The molecular formula is C16H16N2O5S2. The highest BCUT2D eigenvalue weighted by atomic mass is 32.2. The molecule has 0 bridgehead atoms. The van der Waals surface area contributed by atoms with Crippen LogP contribution in [-0.4, -0.2) is 31.9 Å². The normalized spacial score (nSPS) is 10.9. The number of aryl methyl sites for hydroxylation is 1. The van der Waals surface area contributed by atoms with Crippen molar-refractivity contribution in [2.45, 2.75) is 11.1 Å². The third-order valence-corrected chi connectivity index (χ3v) is 6.24. The smallest absolute Gasteiger partial charge is 0.346 e. The second-order valence-corrected chi connectivity index (χ2v) is 7.99. The van der Waals surface area contributed by atoms with Gasteiger partial charge in [0, 0.05) is 6.54 Å². The van der Waals surface area contributed by atoms with Crippen LogP contribution < -0.4 is 10.0 Å². The van der Waals surface area contributed by atoms with Gasteiger partial charge in [-0.05, 0) is 30.7 Å². The van der Waals surface area contributed by atoms with E-state index in [1.807, 2.05) is 0 Å². The second-order valence-electron chi connectivity index (χ2n) is 5.03. The first kappa shape index (κ1) is 18.7. The third kappa shape index (κ3) is 4.25. The van der Waals surface area contributed by atoms with Crippen LogP contribution in [-0.2, 0) is 10.0 Å². The number of anilines is 1. The van der Waals surface area contributed by atoms with E-state index < -0.39 is 21.9 Å². The van der Waals surface area contributed by atoms with Crippen molar-refractivity contribution in [1.29, 1.82) is 0 Å². The highest BCUT2D eigenvalue weighted by Crippen LogP contribution is 2.28. The molecule has 1 aromatic carbocycles. The van der Waals surface area contributed by atoms with Crippen LogP contribution in [0.25, 0.3) is 0 Å². The molecule has 1 amide bonds. The van der Waals surface area contributed by atoms with E-state index >= 15 is 0 Å². The Hall–Kier alpha value is -2.65. The molecule has 9 heteroatoms. The van der Waals surface area contributed by atoms with Crippen LogP contribution in [0.15, 0.2) is 47.2 Å². The maximum Gasteiger partial charge on any atom is 0.346 e. The number of aromatic carboxylic acids is 1. The molecule has 1 heterocycles. The molecule has 0 spiro atoms. The number of hydrogen-bond acceptors (Lipinski definition) is 5. The zero-order chi connectivity index (χ0) is 18.6. The van der Waals surface area contributed by atoms with Crippen LogP contribution >= 0.6 is 11.3 Å². The molecule has 0 radical (unpaired) electrons. The number of carbonyl (C=O) groups is 2. The van der Waals surface area contributed by atoms with Crippen molar-refractivity contribution in [2.75, 3.05) is 11.3 Å². The standard InChI is InChI=1S/C16H16N2O5S2/c1-3-8-17-15(19)11-6-4-5-7-12(11)18-25(22,23)13-9-10(2)14(24-13)16(20)21/h3-7,9,18H,1,8H2,2H3,(H,17,19)(H,20,21). The van der Waals surface area contributed by atoms with E-state index in [0.717, 1.165) is 0 Å². The lowest BCUT2D eigenvalue weighted by Gasteiger charge is -2.11. The summed E-state index contributed by atoms with van der Waals surface area (Å²) in [4.78, 5) is 23.2.